The molecule has 0 aliphatic heterocycles. The minimum Gasteiger partial charge on any atom is -0.497 e. The van der Waals surface area contributed by atoms with Crippen LogP contribution in [0.3, 0.4) is 0 Å². The molecular weight excluding hydrogens is 503 g/mol. The zero-order valence-electron chi connectivity index (χ0n) is 17.3. The first-order valence-electron chi connectivity index (χ1n) is 9.72. The minimum absolute atomic E-state index is 0.886. The largest absolute Gasteiger partial charge is 0.497 e. The van der Waals surface area contributed by atoms with E-state index in [1.54, 1.807) is 18.4 Å². The van der Waals surface area contributed by atoms with Crippen LogP contribution in [0.4, 0.5) is 5.69 Å². The van der Waals surface area contributed by atoms with Gasteiger partial charge in [0.15, 0.2) is 4.55 Å². The summed E-state index contributed by atoms with van der Waals surface area (Å²) in [5, 5.41) is 1.23. The molecule has 3 aromatic carbocycles. The zero-order valence-corrected chi connectivity index (χ0v) is 20.3. The molecule has 0 aliphatic rings. The molecule has 0 unspecified atom stereocenters. The van der Waals surface area contributed by atoms with Crippen molar-refractivity contribution in [2.45, 2.75) is 4.55 Å². The molecule has 152 valence electrons. The van der Waals surface area contributed by atoms with Gasteiger partial charge in [-0.05, 0) is 57.5 Å². The standard InChI is InChI=1S/C25H24IN2OS/c1-27(2)20-11-9-19(10-12-20)22(18-7-5-4-6-8-18)16-25-28(17-26)23-14-13-21(29-3)15-24(23)30-25/h4-16H,17H2,1-3H3/q+1. The highest BCUT2D eigenvalue weighted by Gasteiger charge is 2.20. The summed E-state index contributed by atoms with van der Waals surface area (Å²) in [4.78, 5) is 2.12. The molecule has 3 nitrogen and oxygen atoms in total. The second kappa shape index (κ2) is 9.18. The van der Waals surface area contributed by atoms with Gasteiger partial charge in [-0.2, -0.15) is 4.57 Å². The van der Waals surface area contributed by atoms with Crippen molar-refractivity contribution in [2.75, 3.05) is 26.1 Å². The molecule has 0 saturated carbocycles. The van der Waals surface area contributed by atoms with Gasteiger partial charge in [0, 0.05) is 38.0 Å². The van der Waals surface area contributed by atoms with Crippen LogP contribution in [0, 0.1) is 0 Å². The normalized spacial score (nSPS) is 11.7. The first-order chi connectivity index (χ1) is 14.6. The van der Waals surface area contributed by atoms with Gasteiger partial charge in [0.2, 0.25) is 5.52 Å². The maximum atomic E-state index is 5.43. The van der Waals surface area contributed by atoms with Crippen molar-refractivity contribution in [1.82, 2.24) is 0 Å². The maximum absolute atomic E-state index is 5.43. The number of anilines is 1. The lowest BCUT2D eigenvalue weighted by molar-refractivity contribution is -0.641. The highest BCUT2D eigenvalue weighted by molar-refractivity contribution is 14.1. The Kier molecular flexibility index (Phi) is 6.39. The molecule has 0 fully saturated rings. The third kappa shape index (κ3) is 4.23. The average molecular weight is 527 g/mol. The Bertz CT molecular complexity index is 1180. The molecule has 0 amide bonds. The molecule has 30 heavy (non-hydrogen) atoms. The fourth-order valence-electron chi connectivity index (χ4n) is 3.46. The van der Waals surface area contributed by atoms with Crippen molar-refractivity contribution >= 4 is 61.5 Å². The van der Waals surface area contributed by atoms with E-state index in [1.165, 1.54) is 37.6 Å². The fourth-order valence-corrected chi connectivity index (χ4v) is 5.56. The third-order valence-electron chi connectivity index (χ3n) is 5.11. The number of fused-ring (bicyclic) bond motifs is 1. The van der Waals surface area contributed by atoms with E-state index >= 15 is 0 Å². The van der Waals surface area contributed by atoms with Gasteiger partial charge in [-0.3, -0.25) is 0 Å². The quantitative estimate of drug-likeness (QED) is 0.168. The number of nitrogens with zero attached hydrogens (tertiary/aromatic N) is 2. The van der Waals surface area contributed by atoms with Crippen LogP contribution < -0.4 is 14.2 Å². The van der Waals surface area contributed by atoms with Crippen LogP contribution >= 0.6 is 33.9 Å². The number of alkyl halides is 1. The highest BCUT2D eigenvalue weighted by Crippen LogP contribution is 2.31. The molecule has 0 aliphatic carbocycles. The average Bonchev–Trinajstić information content (AvgIpc) is 3.14. The van der Waals surface area contributed by atoms with Gasteiger partial charge < -0.3 is 9.64 Å². The number of halogens is 1. The molecule has 0 saturated heterocycles. The Morgan fingerprint density at radius 2 is 1.70 bits per heavy atom. The summed E-state index contributed by atoms with van der Waals surface area (Å²) in [6, 6.07) is 25.7. The lowest BCUT2D eigenvalue weighted by Gasteiger charge is -2.14. The summed E-state index contributed by atoms with van der Waals surface area (Å²) in [6.45, 7) is 0. The number of thiazole rings is 1. The molecule has 1 heterocycles. The van der Waals surface area contributed by atoms with Crippen molar-refractivity contribution in [3.05, 3.63) is 88.9 Å². The predicted octanol–water partition coefficient (Wildman–Crippen LogP) is 6.24. The van der Waals surface area contributed by atoms with Crippen LogP contribution in [0.2, 0.25) is 0 Å². The van der Waals surface area contributed by atoms with Crippen molar-refractivity contribution in [3.63, 3.8) is 0 Å². The SMILES string of the molecule is COc1ccc2c(c1)sc(/C=C(\c1ccccc1)c1ccc(N(C)C)cc1)[n+]2CI. The van der Waals surface area contributed by atoms with Gasteiger partial charge >= 0.3 is 0 Å². The molecule has 4 rings (SSSR count). The molecule has 1 aromatic heterocycles. The Morgan fingerprint density at radius 3 is 2.33 bits per heavy atom. The van der Waals surface area contributed by atoms with Crippen molar-refractivity contribution in [2.24, 2.45) is 0 Å². The smallest absolute Gasteiger partial charge is 0.264 e. The first-order valence-corrected chi connectivity index (χ1v) is 12.1. The van der Waals surface area contributed by atoms with E-state index in [-0.39, 0.29) is 0 Å². The Balaban J connectivity index is 1.89. The zero-order chi connectivity index (χ0) is 21.1. The van der Waals surface area contributed by atoms with E-state index in [0.29, 0.717) is 0 Å². The number of rotatable bonds is 6. The lowest BCUT2D eigenvalue weighted by Crippen LogP contribution is -2.32. The number of aromatic nitrogens is 1. The summed E-state index contributed by atoms with van der Waals surface area (Å²) < 4.78 is 9.91. The van der Waals surface area contributed by atoms with Crippen LogP contribution in [-0.2, 0) is 4.55 Å². The molecule has 0 spiro atoms. The topological polar surface area (TPSA) is 16.4 Å². The van der Waals surface area contributed by atoms with Crippen LogP contribution in [-0.4, -0.2) is 21.2 Å². The van der Waals surface area contributed by atoms with Gasteiger partial charge in [-0.15, -0.1) is 0 Å². The van der Waals surface area contributed by atoms with Crippen molar-refractivity contribution in [3.8, 4) is 5.75 Å². The lowest BCUT2D eigenvalue weighted by atomic mass is 9.97. The monoisotopic (exact) mass is 527 g/mol. The van der Waals surface area contributed by atoms with Gasteiger partial charge in [0.25, 0.3) is 5.01 Å². The third-order valence-corrected chi connectivity index (χ3v) is 6.88. The van der Waals surface area contributed by atoms with Crippen LogP contribution in [0.5, 0.6) is 5.75 Å². The molecule has 4 aromatic rings. The second-order valence-corrected chi connectivity index (χ2v) is 8.93. The number of ether oxygens (including phenoxy) is 1. The highest BCUT2D eigenvalue weighted by atomic mass is 127. The van der Waals surface area contributed by atoms with Crippen LogP contribution in [0.15, 0.2) is 72.8 Å². The first kappa shape index (κ1) is 20.9. The molecule has 0 radical (unpaired) electrons. The summed E-state index contributed by atoms with van der Waals surface area (Å²) in [7, 11) is 5.85. The molecule has 5 heteroatoms. The fraction of sp³-hybridized carbons (Fsp3) is 0.160. The van der Waals surface area contributed by atoms with E-state index in [9.17, 15) is 0 Å². The number of hydrogen-bond donors (Lipinski definition) is 0. The van der Waals surface area contributed by atoms with Gasteiger partial charge in [0.05, 0.1) is 7.11 Å². The van der Waals surface area contributed by atoms with Crippen LogP contribution in [0.1, 0.15) is 16.1 Å². The maximum Gasteiger partial charge on any atom is 0.264 e. The van der Waals surface area contributed by atoms with Crippen molar-refractivity contribution < 1.29 is 9.30 Å². The van der Waals surface area contributed by atoms with E-state index < -0.39 is 0 Å². The van der Waals surface area contributed by atoms with Crippen LogP contribution in [0.25, 0.3) is 21.9 Å². The van der Waals surface area contributed by atoms with E-state index in [1.807, 2.05) is 6.07 Å². The molecule has 0 bridgehead atoms. The predicted molar refractivity (Wildman–Crippen MR) is 137 cm³/mol. The van der Waals surface area contributed by atoms with Crippen molar-refractivity contribution in [1.29, 1.82) is 0 Å². The van der Waals surface area contributed by atoms with E-state index in [2.05, 4.69) is 119 Å². The van der Waals surface area contributed by atoms with Gasteiger partial charge in [0.1, 0.15) is 10.4 Å². The van der Waals surface area contributed by atoms with Gasteiger partial charge in [-0.1, -0.05) is 53.8 Å². The second-order valence-electron chi connectivity index (χ2n) is 7.19. The molecule has 0 atom stereocenters. The summed E-state index contributed by atoms with van der Waals surface area (Å²) >= 11 is 4.23. The Labute approximate surface area is 195 Å². The number of methoxy groups -OCH3 is 1. The minimum atomic E-state index is 0.886. The summed E-state index contributed by atoms with van der Waals surface area (Å²) in [5.74, 6) is 0.891. The van der Waals surface area contributed by atoms with E-state index in [0.717, 1.165) is 10.3 Å². The molecular formula is C25H24IN2OS+. The number of benzene rings is 3. The molecule has 0 N–H and O–H groups in total. The van der Waals surface area contributed by atoms with Gasteiger partial charge in [-0.25, -0.2) is 0 Å². The summed E-state index contributed by atoms with van der Waals surface area (Å²) in [6.07, 6.45) is 2.32. The Morgan fingerprint density at radius 1 is 1.00 bits per heavy atom. The number of hydrogen-bond acceptors (Lipinski definition) is 3. The Hall–Kier alpha value is -2.38. The van der Waals surface area contributed by atoms with E-state index in [4.69, 9.17) is 4.74 Å². The summed E-state index contributed by atoms with van der Waals surface area (Å²) in [5.41, 5.74) is 6.07.